The maximum atomic E-state index is 5.55. The van der Waals surface area contributed by atoms with Gasteiger partial charge in [0, 0.05) is 28.3 Å². The summed E-state index contributed by atoms with van der Waals surface area (Å²) < 4.78 is 8.81. The van der Waals surface area contributed by atoms with Crippen molar-refractivity contribution < 1.29 is 4.42 Å². The Bertz CT molecular complexity index is 716. The topological polar surface area (TPSA) is 18.1 Å². The van der Waals surface area contributed by atoms with Crippen LogP contribution in [0.3, 0.4) is 0 Å². The van der Waals surface area contributed by atoms with Crippen LogP contribution in [0.25, 0.3) is 22.0 Å². The summed E-state index contributed by atoms with van der Waals surface area (Å²) in [5.41, 5.74) is 2.46. The van der Waals surface area contributed by atoms with Crippen LogP contribution in [0.1, 0.15) is 5.56 Å². The zero-order chi connectivity index (χ0) is 13.4. The predicted molar refractivity (Wildman–Crippen MR) is 83.5 cm³/mol. The Labute approximate surface area is 122 Å². The second-order valence-corrected chi connectivity index (χ2v) is 6.45. The van der Waals surface area contributed by atoms with Gasteiger partial charge in [-0.2, -0.15) is 0 Å². The van der Waals surface area contributed by atoms with Gasteiger partial charge < -0.3 is 8.98 Å². The molecule has 0 aliphatic carbocycles. The summed E-state index contributed by atoms with van der Waals surface area (Å²) in [4.78, 5) is 0. The summed E-state index contributed by atoms with van der Waals surface area (Å²) in [5.74, 6) is 0.941. The molecule has 3 heterocycles. The molecular weight excluding hydrogens is 321 g/mol. The van der Waals surface area contributed by atoms with E-state index in [0.717, 1.165) is 10.2 Å². The number of furan rings is 1. The first-order valence-electron chi connectivity index (χ1n) is 5.99. The van der Waals surface area contributed by atoms with Crippen LogP contribution in [0.15, 0.2) is 51.7 Å². The minimum atomic E-state index is 0.941. The van der Waals surface area contributed by atoms with Crippen molar-refractivity contribution in [2.24, 2.45) is 7.05 Å². The van der Waals surface area contributed by atoms with E-state index in [1.54, 1.807) is 6.26 Å². The molecule has 0 amide bonds. The lowest BCUT2D eigenvalue weighted by Crippen LogP contribution is -1.89. The number of aromatic nitrogens is 1. The molecule has 3 rings (SSSR count). The summed E-state index contributed by atoms with van der Waals surface area (Å²) in [6.45, 7) is 2.12. The second-order valence-electron chi connectivity index (χ2n) is 4.44. The van der Waals surface area contributed by atoms with Crippen molar-refractivity contribution in [3.8, 4) is 22.0 Å². The average Bonchev–Trinajstić information content (AvgIpc) is 3.03. The number of hydrogen-bond donors (Lipinski definition) is 0. The normalized spacial score (nSPS) is 11.3. The highest BCUT2D eigenvalue weighted by Gasteiger charge is 2.12. The van der Waals surface area contributed by atoms with Crippen LogP contribution >= 0.6 is 24.1 Å². The lowest BCUT2D eigenvalue weighted by molar-refractivity contribution is 0.583. The Morgan fingerprint density at radius 2 is 2.11 bits per heavy atom. The molecule has 19 heavy (non-hydrogen) atoms. The molecule has 0 aliphatic rings. The zero-order valence-corrected chi connectivity index (χ0v) is 13.2. The fourth-order valence-electron chi connectivity index (χ4n) is 2.09. The van der Waals surface area contributed by atoms with Crippen molar-refractivity contribution in [2.45, 2.75) is 6.92 Å². The molecule has 0 saturated carbocycles. The van der Waals surface area contributed by atoms with Crippen molar-refractivity contribution in [3.63, 3.8) is 0 Å². The van der Waals surface area contributed by atoms with Gasteiger partial charge in [0.2, 0.25) is 0 Å². The Hall–Kier alpha value is -1.31. The van der Waals surface area contributed by atoms with Crippen LogP contribution in [0.5, 0.6) is 0 Å². The summed E-state index contributed by atoms with van der Waals surface area (Å²) in [6.07, 6.45) is 3.79. The fourth-order valence-corrected chi connectivity index (χ4v) is 4.15. The van der Waals surface area contributed by atoms with Crippen molar-refractivity contribution >= 4 is 24.1 Å². The number of nitrogens with zero attached hydrogens (tertiary/aromatic N) is 1. The van der Waals surface area contributed by atoms with Gasteiger partial charge in [0.05, 0.1) is 12.0 Å². The molecule has 0 saturated heterocycles. The van der Waals surface area contributed by atoms with Crippen molar-refractivity contribution in [2.75, 3.05) is 0 Å². The van der Waals surface area contributed by atoms with E-state index in [1.807, 2.05) is 12.1 Å². The van der Waals surface area contributed by atoms with Gasteiger partial charge >= 0.3 is 0 Å². The van der Waals surface area contributed by atoms with Gasteiger partial charge in [-0.05, 0) is 42.8 Å². The third-order valence-corrected chi connectivity index (χ3v) is 5.37. The summed E-state index contributed by atoms with van der Waals surface area (Å²) in [6, 6.07) is 10.3. The Morgan fingerprint density at radius 3 is 2.74 bits per heavy atom. The minimum Gasteiger partial charge on any atom is -0.464 e. The van der Waals surface area contributed by atoms with Gasteiger partial charge in [0.1, 0.15) is 5.76 Å². The SMILES string of the molecule is Cc1c(Br)cc(-c2cccn2C)pc1-c1ccco1. The molecule has 3 aromatic heterocycles. The molecule has 96 valence electrons. The maximum absolute atomic E-state index is 5.55. The molecule has 2 nitrogen and oxygen atoms in total. The van der Waals surface area contributed by atoms with Crippen molar-refractivity contribution in [1.82, 2.24) is 4.57 Å². The molecule has 3 aromatic rings. The van der Waals surface area contributed by atoms with Crippen LogP contribution in [-0.2, 0) is 7.05 Å². The van der Waals surface area contributed by atoms with Crippen molar-refractivity contribution in [3.05, 3.63) is 52.8 Å². The van der Waals surface area contributed by atoms with Crippen LogP contribution in [0.2, 0.25) is 0 Å². The van der Waals surface area contributed by atoms with Crippen LogP contribution in [0.4, 0.5) is 0 Å². The number of rotatable bonds is 2. The van der Waals surface area contributed by atoms with Gasteiger partial charge in [0.25, 0.3) is 0 Å². The smallest absolute Gasteiger partial charge is 0.138 e. The van der Waals surface area contributed by atoms with E-state index in [-0.39, 0.29) is 0 Å². The van der Waals surface area contributed by atoms with E-state index < -0.39 is 0 Å². The molecule has 0 unspecified atom stereocenters. The molecular formula is C15H13BrNOP. The van der Waals surface area contributed by atoms with E-state index in [2.05, 4.69) is 58.9 Å². The highest BCUT2D eigenvalue weighted by molar-refractivity contribution is 9.10. The Balaban J connectivity index is 2.22. The Kier molecular flexibility index (Phi) is 3.34. The molecule has 0 aromatic carbocycles. The number of aryl methyl sites for hydroxylation is 1. The van der Waals surface area contributed by atoms with Gasteiger partial charge in [-0.3, -0.25) is 0 Å². The molecule has 0 spiro atoms. The van der Waals surface area contributed by atoms with Gasteiger partial charge in [-0.25, -0.2) is 0 Å². The summed E-state index contributed by atoms with van der Waals surface area (Å²) >= 11 is 3.66. The third-order valence-electron chi connectivity index (χ3n) is 3.17. The van der Waals surface area contributed by atoms with E-state index in [9.17, 15) is 0 Å². The summed E-state index contributed by atoms with van der Waals surface area (Å²) in [7, 11) is 3.25. The quantitative estimate of drug-likeness (QED) is 0.596. The van der Waals surface area contributed by atoms with E-state index >= 15 is 0 Å². The highest BCUT2D eigenvalue weighted by atomic mass is 79.9. The predicted octanol–water partition coefficient (Wildman–Crippen LogP) is 5.60. The molecule has 0 aliphatic heterocycles. The molecule has 0 N–H and O–H groups in total. The first-order valence-corrected chi connectivity index (χ1v) is 7.68. The molecule has 0 radical (unpaired) electrons. The second kappa shape index (κ2) is 4.99. The molecule has 0 atom stereocenters. The van der Waals surface area contributed by atoms with Gasteiger partial charge in [-0.15, -0.1) is 0 Å². The van der Waals surface area contributed by atoms with Gasteiger partial charge in [-0.1, -0.05) is 24.1 Å². The highest BCUT2D eigenvalue weighted by Crippen LogP contribution is 2.42. The maximum Gasteiger partial charge on any atom is 0.138 e. The average molecular weight is 334 g/mol. The molecule has 0 fully saturated rings. The lowest BCUT2D eigenvalue weighted by Gasteiger charge is -2.10. The number of hydrogen-bond acceptors (Lipinski definition) is 1. The van der Waals surface area contributed by atoms with E-state index in [4.69, 9.17) is 4.42 Å². The zero-order valence-electron chi connectivity index (χ0n) is 10.7. The minimum absolute atomic E-state index is 0.941. The number of halogens is 1. The first-order chi connectivity index (χ1) is 9.16. The van der Waals surface area contributed by atoms with E-state index in [0.29, 0.717) is 0 Å². The van der Waals surface area contributed by atoms with Crippen LogP contribution in [-0.4, -0.2) is 4.57 Å². The van der Waals surface area contributed by atoms with Crippen LogP contribution in [0, 0.1) is 6.92 Å². The Morgan fingerprint density at radius 1 is 1.26 bits per heavy atom. The molecule has 4 heteroatoms. The largest absolute Gasteiger partial charge is 0.464 e. The standard InChI is InChI=1S/C15H13BrNOP/c1-10-11(16)9-14(12-5-3-7-17(12)2)19-15(10)13-6-4-8-18-13/h3-9H,1-2H3. The monoisotopic (exact) mass is 333 g/mol. The van der Waals surface area contributed by atoms with Gasteiger partial charge in [0.15, 0.2) is 0 Å². The lowest BCUT2D eigenvalue weighted by atomic mass is 10.2. The summed E-state index contributed by atoms with van der Waals surface area (Å²) in [5, 5.41) is 2.49. The molecule has 0 bridgehead atoms. The van der Waals surface area contributed by atoms with E-state index in [1.165, 1.54) is 30.0 Å². The van der Waals surface area contributed by atoms with Crippen molar-refractivity contribution in [1.29, 1.82) is 0 Å². The fraction of sp³-hybridized carbons (Fsp3) is 0.133. The third kappa shape index (κ3) is 2.29. The first kappa shape index (κ1) is 12.7. The van der Waals surface area contributed by atoms with Crippen LogP contribution < -0.4 is 0 Å².